The van der Waals surface area contributed by atoms with Crippen LogP contribution >= 0.6 is 0 Å². The average Bonchev–Trinajstić information content (AvgIpc) is 3.13. The van der Waals surface area contributed by atoms with Crippen LogP contribution in [0.3, 0.4) is 0 Å². The van der Waals surface area contributed by atoms with Gasteiger partial charge in [-0.25, -0.2) is 9.97 Å². The van der Waals surface area contributed by atoms with E-state index in [0.29, 0.717) is 41.0 Å². The number of hydrogen-bond acceptors (Lipinski definition) is 5. The molecule has 1 aliphatic rings. The zero-order chi connectivity index (χ0) is 18.6. The van der Waals surface area contributed by atoms with Crippen molar-refractivity contribution in [3.05, 3.63) is 41.7 Å². The van der Waals surface area contributed by atoms with E-state index in [4.69, 9.17) is 0 Å². The first-order chi connectivity index (χ1) is 13.1. The van der Waals surface area contributed by atoms with Crippen molar-refractivity contribution in [3.63, 3.8) is 0 Å². The van der Waals surface area contributed by atoms with Gasteiger partial charge in [0.05, 0.1) is 23.3 Å². The summed E-state index contributed by atoms with van der Waals surface area (Å²) in [7, 11) is 0. The Bertz CT molecular complexity index is 1260. The highest BCUT2D eigenvalue weighted by atomic mass is 16.1. The summed E-state index contributed by atoms with van der Waals surface area (Å²) >= 11 is 0. The van der Waals surface area contributed by atoms with E-state index in [1.54, 1.807) is 12.4 Å². The monoisotopic (exact) mass is 357 g/mol. The molecule has 27 heavy (non-hydrogen) atoms. The number of carbonyl (C=O) groups is 1. The second kappa shape index (κ2) is 5.38. The summed E-state index contributed by atoms with van der Waals surface area (Å²) in [5.41, 5.74) is 3.93. The molecule has 8 nitrogen and oxygen atoms in total. The molecule has 0 bridgehead atoms. The zero-order valence-corrected chi connectivity index (χ0v) is 14.5. The number of nitrogens with one attached hydrogen (secondary N) is 3. The Hall–Kier alpha value is -3.73. The SMILES string of the molecule is Cc1ccc2c(-c3cnc4[nH]cc(C(=O)NC5(C#N)CC5)c4n3)n[nH]c2c1. The molecule has 1 amide bonds. The molecule has 4 aromatic rings. The van der Waals surface area contributed by atoms with Crippen LogP contribution in [0.1, 0.15) is 28.8 Å². The van der Waals surface area contributed by atoms with Gasteiger partial charge in [-0.2, -0.15) is 10.4 Å². The van der Waals surface area contributed by atoms with E-state index in [2.05, 4.69) is 36.5 Å². The van der Waals surface area contributed by atoms with Gasteiger partial charge in [-0.3, -0.25) is 9.89 Å². The van der Waals surface area contributed by atoms with Gasteiger partial charge >= 0.3 is 0 Å². The summed E-state index contributed by atoms with van der Waals surface area (Å²) in [5, 5.41) is 20.3. The fraction of sp³-hybridized carbons (Fsp3) is 0.211. The first-order valence-electron chi connectivity index (χ1n) is 8.62. The number of aryl methyl sites for hydroxylation is 1. The van der Waals surface area contributed by atoms with Crippen molar-refractivity contribution >= 4 is 28.0 Å². The fourth-order valence-corrected chi connectivity index (χ4v) is 3.18. The van der Waals surface area contributed by atoms with Crippen LogP contribution in [0.15, 0.2) is 30.6 Å². The topological polar surface area (TPSA) is 123 Å². The third kappa shape index (κ3) is 2.44. The Kier molecular flexibility index (Phi) is 3.09. The Labute approximate surface area is 153 Å². The Morgan fingerprint density at radius 1 is 1.37 bits per heavy atom. The molecule has 1 aromatic carbocycles. The molecule has 8 heteroatoms. The minimum absolute atomic E-state index is 0.325. The van der Waals surface area contributed by atoms with Crippen LogP contribution in [0.2, 0.25) is 0 Å². The molecular formula is C19H15N7O. The van der Waals surface area contributed by atoms with Gasteiger partial charge in [-0.1, -0.05) is 12.1 Å². The highest BCUT2D eigenvalue weighted by Gasteiger charge is 2.45. The third-order valence-electron chi connectivity index (χ3n) is 4.90. The lowest BCUT2D eigenvalue weighted by atomic mass is 10.1. The van der Waals surface area contributed by atoms with Gasteiger partial charge in [-0.15, -0.1) is 0 Å². The maximum atomic E-state index is 12.6. The summed E-state index contributed by atoms with van der Waals surface area (Å²) in [6, 6.07) is 8.18. The normalized spacial score (nSPS) is 15.0. The van der Waals surface area contributed by atoms with E-state index in [-0.39, 0.29) is 5.91 Å². The molecule has 0 radical (unpaired) electrons. The number of aromatic nitrogens is 5. The van der Waals surface area contributed by atoms with Crippen LogP contribution in [0.4, 0.5) is 0 Å². The fourth-order valence-electron chi connectivity index (χ4n) is 3.18. The largest absolute Gasteiger partial charge is 0.344 e. The molecule has 0 saturated heterocycles. The standard InChI is InChI=1S/C19H15N7O/c1-10-2-3-11-13(6-10)25-26-15(11)14-8-22-17-16(23-14)12(7-21-17)18(27)24-19(9-20)4-5-19/h2-3,6-8H,4-5H2,1H3,(H,21,22)(H,24,27)(H,25,26). The van der Waals surface area contributed by atoms with E-state index in [1.165, 1.54) is 0 Å². The van der Waals surface area contributed by atoms with E-state index in [1.807, 2.05) is 25.1 Å². The lowest BCUT2D eigenvalue weighted by Crippen LogP contribution is -2.35. The van der Waals surface area contributed by atoms with Crippen LogP contribution in [-0.4, -0.2) is 36.6 Å². The van der Waals surface area contributed by atoms with Crippen molar-refractivity contribution < 1.29 is 4.79 Å². The van der Waals surface area contributed by atoms with E-state index < -0.39 is 5.54 Å². The number of aromatic amines is 2. The lowest BCUT2D eigenvalue weighted by Gasteiger charge is -2.07. The summed E-state index contributed by atoms with van der Waals surface area (Å²) in [5.74, 6) is -0.325. The molecule has 132 valence electrons. The second-order valence-corrected chi connectivity index (χ2v) is 6.92. The Morgan fingerprint density at radius 2 is 2.22 bits per heavy atom. The van der Waals surface area contributed by atoms with Crippen molar-refractivity contribution in [2.75, 3.05) is 0 Å². The summed E-state index contributed by atoms with van der Waals surface area (Å²) < 4.78 is 0. The van der Waals surface area contributed by atoms with Crippen LogP contribution in [0.25, 0.3) is 33.5 Å². The number of fused-ring (bicyclic) bond motifs is 2. The highest BCUT2D eigenvalue weighted by molar-refractivity contribution is 6.05. The van der Waals surface area contributed by atoms with Gasteiger partial charge in [0.15, 0.2) is 5.65 Å². The first-order valence-corrected chi connectivity index (χ1v) is 8.62. The number of amides is 1. The van der Waals surface area contributed by atoms with Crippen molar-refractivity contribution in [2.24, 2.45) is 0 Å². The maximum absolute atomic E-state index is 12.6. The minimum atomic E-state index is -0.734. The van der Waals surface area contributed by atoms with Gasteiger partial charge in [0.1, 0.15) is 22.4 Å². The Morgan fingerprint density at radius 3 is 3.00 bits per heavy atom. The molecule has 1 fully saturated rings. The number of hydrogen-bond donors (Lipinski definition) is 3. The quantitative estimate of drug-likeness (QED) is 0.520. The van der Waals surface area contributed by atoms with Crippen LogP contribution in [0.5, 0.6) is 0 Å². The number of benzene rings is 1. The molecule has 1 saturated carbocycles. The average molecular weight is 357 g/mol. The van der Waals surface area contributed by atoms with Crippen LogP contribution in [0, 0.1) is 18.3 Å². The Balaban J connectivity index is 1.59. The molecule has 3 aromatic heterocycles. The van der Waals surface area contributed by atoms with Gasteiger partial charge in [0.25, 0.3) is 5.91 Å². The number of carbonyl (C=O) groups excluding carboxylic acids is 1. The van der Waals surface area contributed by atoms with Crippen molar-refractivity contribution in [1.82, 2.24) is 30.5 Å². The zero-order valence-electron chi connectivity index (χ0n) is 14.5. The van der Waals surface area contributed by atoms with Crippen molar-refractivity contribution in [2.45, 2.75) is 25.3 Å². The van der Waals surface area contributed by atoms with E-state index in [0.717, 1.165) is 16.5 Å². The molecule has 5 rings (SSSR count). The second-order valence-electron chi connectivity index (χ2n) is 6.92. The third-order valence-corrected chi connectivity index (χ3v) is 4.90. The molecular weight excluding hydrogens is 342 g/mol. The van der Waals surface area contributed by atoms with Crippen molar-refractivity contribution in [3.8, 4) is 17.5 Å². The van der Waals surface area contributed by atoms with Gasteiger partial charge in [-0.05, 0) is 31.4 Å². The molecule has 3 heterocycles. The minimum Gasteiger partial charge on any atom is -0.344 e. The number of nitriles is 1. The molecule has 1 aliphatic carbocycles. The summed E-state index contributed by atoms with van der Waals surface area (Å²) in [4.78, 5) is 24.6. The number of H-pyrrole nitrogens is 2. The molecule has 3 N–H and O–H groups in total. The van der Waals surface area contributed by atoms with Gasteiger partial charge in [0, 0.05) is 11.6 Å². The van der Waals surface area contributed by atoms with E-state index >= 15 is 0 Å². The van der Waals surface area contributed by atoms with Gasteiger partial charge in [0.2, 0.25) is 0 Å². The highest BCUT2D eigenvalue weighted by Crippen LogP contribution is 2.35. The van der Waals surface area contributed by atoms with Crippen LogP contribution < -0.4 is 5.32 Å². The predicted octanol–water partition coefficient (Wildman–Crippen LogP) is 2.60. The number of rotatable bonds is 3. The molecule has 0 unspecified atom stereocenters. The lowest BCUT2D eigenvalue weighted by molar-refractivity contribution is 0.0943. The maximum Gasteiger partial charge on any atom is 0.256 e. The van der Waals surface area contributed by atoms with Crippen LogP contribution in [-0.2, 0) is 0 Å². The smallest absolute Gasteiger partial charge is 0.256 e. The first kappa shape index (κ1) is 15.5. The molecule has 0 spiro atoms. The number of nitrogens with zero attached hydrogens (tertiary/aromatic N) is 4. The summed E-state index contributed by atoms with van der Waals surface area (Å²) in [6.45, 7) is 2.02. The van der Waals surface area contributed by atoms with E-state index in [9.17, 15) is 10.1 Å². The van der Waals surface area contributed by atoms with Crippen molar-refractivity contribution in [1.29, 1.82) is 5.26 Å². The molecule has 0 aliphatic heterocycles. The molecule has 0 atom stereocenters. The predicted molar refractivity (Wildman–Crippen MR) is 98.8 cm³/mol. The summed E-state index contributed by atoms with van der Waals surface area (Å²) in [6.07, 6.45) is 4.55. The van der Waals surface area contributed by atoms with Gasteiger partial charge < -0.3 is 10.3 Å².